The number of hydrogen-bond donors (Lipinski definition) is 2. The minimum absolute atomic E-state index is 0.219. The summed E-state index contributed by atoms with van der Waals surface area (Å²) in [6.07, 6.45) is 0.177. The monoisotopic (exact) mass is 353 g/mol. The number of carbonyl (C=O) groups is 1. The van der Waals surface area contributed by atoms with E-state index >= 15 is 0 Å². The molecular weight excluding hydrogens is 338 g/mol. The van der Waals surface area contributed by atoms with Gasteiger partial charge in [-0.15, -0.1) is 16.4 Å². The van der Waals surface area contributed by atoms with Gasteiger partial charge in [-0.25, -0.2) is 0 Å². The zero-order valence-corrected chi connectivity index (χ0v) is 14.2. The topological polar surface area (TPSA) is 92.3 Å². The number of amides is 1. The normalized spacial score (nSPS) is 16.4. The fraction of sp³-hybridized carbons (Fsp3) is 0.176. The van der Waals surface area contributed by atoms with E-state index in [1.165, 1.54) is 4.88 Å². The zero-order chi connectivity index (χ0) is 17.2. The number of aromatic amines is 1. The second kappa shape index (κ2) is 6.48. The first-order valence-electron chi connectivity index (χ1n) is 7.77. The third-order valence-electron chi connectivity index (χ3n) is 3.79. The van der Waals surface area contributed by atoms with Crippen LogP contribution in [0.4, 0.5) is 5.95 Å². The molecule has 0 aliphatic carbocycles. The number of nitrogens with one attached hydrogen (secondary N) is 2. The van der Waals surface area contributed by atoms with Crippen molar-refractivity contribution in [3.8, 4) is 10.7 Å². The molecule has 126 valence electrons. The van der Waals surface area contributed by atoms with Gasteiger partial charge in [0, 0.05) is 11.3 Å². The number of aromatic nitrogens is 3. The van der Waals surface area contributed by atoms with E-state index in [4.69, 9.17) is 4.84 Å². The van der Waals surface area contributed by atoms with Crippen molar-refractivity contribution in [2.75, 3.05) is 5.32 Å². The maximum atomic E-state index is 12.3. The molecule has 0 fully saturated rings. The van der Waals surface area contributed by atoms with Crippen molar-refractivity contribution >= 4 is 28.9 Å². The van der Waals surface area contributed by atoms with Gasteiger partial charge in [-0.1, -0.05) is 35.5 Å². The minimum atomic E-state index is -0.355. The van der Waals surface area contributed by atoms with Crippen LogP contribution in [-0.2, 0) is 9.63 Å². The van der Waals surface area contributed by atoms with Crippen LogP contribution in [0.3, 0.4) is 0 Å². The molecule has 1 aromatic carbocycles. The zero-order valence-electron chi connectivity index (χ0n) is 13.4. The summed E-state index contributed by atoms with van der Waals surface area (Å²) in [7, 11) is 0. The van der Waals surface area contributed by atoms with Crippen molar-refractivity contribution in [3.63, 3.8) is 0 Å². The van der Waals surface area contributed by atoms with Crippen molar-refractivity contribution in [3.05, 3.63) is 52.9 Å². The molecule has 1 atom stereocenters. The van der Waals surface area contributed by atoms with E-state index in [2.05, 4.69) is 25.7 Å². The number of aryl methyl sites for hydroxylation is 1. The molecule has 2 aromatic heterocycles. The fourth-order valence-corrected chi connectivity index (χ4v) is 3.33. The van der Waals surface area contributed by atoms with Gasteiger partial charge in [-0.3, -0.25) is 15.2 Å². The molecule has 0 saturated carbocycles. The van der Waals surface area contributed by atoms with Crippen LogP contribution in [-0.4, -0.2) is 26.8 Å². The maximum Gasteiger partial charge on any atom is 0.276 e. The number of carbonyl (C=O) groups excluding carboxylic acids is 1. The van der Waals surface area contributed by atoms with Crippen LogP contribution in [0.2, 0.25) is 0 Å². The lowest BCUT2D eigenvalue weighted by molar-refractivity contribution is -0.110. The van der Waals surface area contributed by atoms with E-state index in [-0.39, 0.29) is 18.0 Å². The summed E-state index contributed by atoms with van der Waals surface area (Å²) in [6.45, 7) is 2.02. The molecule has 0 spiro atoms. The molecule has 0 bridgehead atoms. The Kier molecular flexibility index (Phi) is 4.02. The van der Waals surface area contributed by atoms with E-state index < -0.39 is 0 Å². The Hall–Kier alpha value is -3.00. The Morgan fingerprint density at radius 3 is 2.88 bits per heavy atom. The first-order chi connectivity index (χ1) is 12.2. The second-order valence-electron chi connectivity index (χ2n) is 5.62. The molecule has 1 amide bonds. The largest absolute Gasteiger partial charge is 0.387 e. The van der Waals surface area contributed by atoms with E-state index in [0.717, 1.165) is 10.4 Å². The summed E-state index contributed by atoms with van der Waals surface area (Å²) in [4.78, 5) is 24.1. The highest BCUT2D eigenvalue weighted by Gasteiger charge is 2.27. The van der Waals surface area contributed by atoms with Gasteiger partial charge in [0.1, 0.15) is 5.71 Å². The molecule has 2 N–H and O–H groups in total. The van der Waals surface area contributed by atoms with Gasteiger partial charge < -0.3 is 4.84 Å². The Balaban J connectivity index is 1.40. The molecule has 1 aliphatic heterocycles. The predicted octanol–water partition coefficient (Wildman–Crippen LogP) is 3.30. The van der Waals surface area contributed by atoms with Gasteiger partial charge >= 0.3 is 0 Å². The standard InChI is InChI=1S/C17H15N5O2S/c1-10-7-8-14(25-10)15-18-17(21-20-15)19-16(23)12-9-13(24-22-12)11-5-3-2-4-6-11/h2-8,13H,9H2,1H3,(H2,18,19,20,21,23)/t13-/m1/s1. The predicted molar refractivity (Wildman–Crippen MR) is 95.4 cm³/mol. The number of hydrogen-bond acceptors (Lipinski definition) is 6. The Morgan fingerprint density at radius 2 is 2.12 bits per heavy atom. The van der Waals surface area contributed by atoms with E-state index in [9.17, 15) is 4.79 Å². The first kappa shape index (κ1) is 15.5. The molecule has 3 aromatic rings. The number of H-pyrrole nitrogens is 1. The van der Waals surface area contributed by atoms with Crippen LogP contribution < -0.4 is 5.32 Å². The third-order valence-corrected chi connectivity index (χ3v) is 4.79. The number of thiophene rings is 1. The van der Waals surface area contributed by atoms with Crippen LogP contribution in [0, 0.1) is 6.92 Å². The van der Waals surface area contributed by atoms with Gasteiger partial charge in [0.15, 0.2) is 11.9 Å². The highest BCUT2D eigenvalue weighted by molar-refractivity contribution is 7.15. The average molecular weight is 353 g/mol. The lowest BCUT2D eigenvalue weighted by atomic mass is 10.0. The highest BCUT2D eigenvalue weighted by atomic mass is 32.1. The quantitative estimate of drug-likeness (QED) is 0.753. The molecule has 8 heteroatoms. The molecule has 7 nitrogen and oxygen atoms in total. The molecule has 4 rings (SSSR count). The van der Waals surface area contributed by atoms with Crippen molar-refractivity contribution in [1.82, 2.24) is 15.2 Å². The molecule has 3 heterocycles. The lowest BCUT2D eigenvalue weighted by Gasteiger charge is -2.07. The number of benzene rings is 1. The summed E-state index contributed by atoms with van der Waals surface area (Å²) >= 11 is 1.61. The fourth-order valence-electron chi connectivity index (χ4n) is 2.52. The van der Waals surface area contributed by atoms with Crippen LogP contribution >= 0.6 is 11.3 Å². The smallest absolute Gasteiger partial charge is 0.276 e. The number of oxime groups is 1. The number of anilines is 1. The molecule has 25 heavy (non-hydrogen) atoms. The summed E-state index contributed by atoms with van der Waals surface area (Å²) in [5, 5.41) is 13.4. The summed E-state index contributed by atoms with van der Waals surface area (Å²) in [5.41, 5.74) is 1.31. The summed E-state index contributed by atoms with van der Waals surface area (Å²) in [5.74, 6) is 0.489. The maximum absolute atomic E-state index is 12.3. The number of nitrogens with zero attached hydrogens (tertiary/aromatic N) is 3. The van der Waals surface area contributed by atoms with Gasteiger partial charge in [-0.2, -0.15) is 4.98 Å². The summed E-state index contributed by atoms with van der Waals surface area (Å²) in [6, 6.07) is 13.7. The average Bonchev–Trinajstić information content (AvgIpc) is 3.35. The van der Waals surface area contributed by atoms with Crippen LogP contribution in [0.1, 0.15) is 23.0 Å². The van der Waals surface area contributed by atoms with Crippen LogP contribution in [0.25, 0.3) is 10.7 Å². The Labute approximate surface area is 147 Å². The Bertz CT molecular complexity index is 931. The molecule has 0 saturated heterocycles. The van der Waals surface area contributed by atoms with Crippen LogP contribution in [0.15, 0.2) is 47.6 Å². The molecule has 0 radical (unpaired) electrons. The van der Waals surface area contributed by atoms with Crippen molar-refractivity contribution in [1.29, 1.82) is 0 Å². The minimum Gasteiger partial charge on any atom is -0.387 e. The van der Waals surface area contributed by atoms with E-state index in [1.807, 2.05) is 49.4 Å². The first-order valence-corrected chi connectivity index (χ1v) is 8.59. The summed E-state index contributed by atoms with van der Waals surface area (Å²) < 4.78 is 0. The Morgan fingerprint density at radius 1 is 1.28 bits per heavy atom. The van der Waals surface area contributed by atoms with E-state index in [1.54, 1.807) is 11.3 Å². The third kappa shape index (κ3) is 3.29. The van der Waals surface area contributed by atoms with E-state index in [0.29, 0.717) is 18.0 Å². The SMILES string of the molecule is Cc1ccc(-c2nc(NC(=O)C3=NO[C@@H](c4ccccc4)C3)n[nH]2)s1. The lowest BCUT2D eigenvalue weighted by Crippen LogP contribution is -2.22. The van der Waals surface area contributed by atoms with Crippen LogP contribution in [0.5, 0.6) is 0 Å². The molecular formula is C17H15N5O2S. The highest BCUT2D eigenvalue weighted by Crippen LogP contribution is 2.28. The van der Waals surface area contributed by atoms with Gasteiger partial charge in [0.2, 0.25) is 5.95 Å². The van der Waals surface area contributed by atoms with Gasteiger partial charge in [-0.05, 0) is 24.6 Å². The van der Waals surface area contributed by atoms with Crippen molar-refractivity contribution in [2.24, 2.45) is 5.16 Å². The van der Waals surface area contributed by atoms with Crippen molar-refractivity contribution < 1.29 is 9.63 Å². The molecule has 0 unspecified atom stereocenters. The van der Waals surface area contributed by atoms with Gasteiger partial charge in [0.05, 0.1) is 4.88 Å². The molecule has 1 aliphatic rings. The van der Waals surface area contributed by atoms with Crippen molar-refractivity contribution in [2.45, 2.75) is 19.4 Å². The number of rotatable bonds is 4. The van der Waals surface area contributed by atoms with Gasteiger partial charge in [0.25, 0.3) is 5.91 Å². The second-order valence-corrected chi connectivity index (χ2v) is 6.91.